The van der Waals surface area contributed by atoms with Gasteiger partial charge in [-0.05, 0) is 62.4 Å². The lowest BCUT2D eigenvalue weighted by Gasteiger charge is -2.31. The number of aryl methyl sites for hydroxylation is 2. The molecule has 0 radical (unpaired) electrons. The molecule has 1 heterocycles. The highest BCUT2D eigenvalue weighted by atomic mass is 32.2. The van der Waals surface area contributed by atoms with Gasteiger partial charge in [-0.1, -0.05) is 36.4 Å². The molecule has 2 aromatic carbocycles. The van der Waals surface area contributed by atoms with E-state index in [-0.39, 0.29) is 17.9 Å². The summed E-state index contributed by atoms with van der Waals surface area (Å²) in [7, 11) is -3.48. The van der Waals surface area contributed by atoms with E-state index in [0.717, 1.165) is 5.56 Å². The molecule has 1 amide bonds. The van der Waals surface area contributed by atoms with Crippen molar-refractivity contribution in [3.8, 4) is 0 Å². The first kappa shape index (κ1) is 20.6. The van der Waals surface area contributed by atoms with E-state index < -0.39 is 10.0 Å². The first-order chi connectivity index (χ1) is 13.3. The molecular weight excluding hydrogens is 372 g/mol. The predicted molar refractivity (Wildman–Crippen MR) is 110 cm³/mol. The van der Waals surface area contributed by atoms with E-state index in [9.17, 15) is 13.2 Å². The second-order valence-electron chi connectivity index (χ2n) is 7.57. The van der Waals surface area contributed by atoms with Crippen molar-refractivity contribution >= 4 is 15.9 Å². The molecule has 5 nitrogen and oxygen atoms in total. The Kier molecular flexibility index (Phi) is 6.20. The molecule has 1 atom stereocenters. The number of nitrogens with zero attached hydrogens (tertiary/aromatic N) is 1. The third kappa shape index (κ3) is 4.45. The summed E-state index contributed by atoms with van der Waals surface area (Å²) in [6.07, 6.45) is 1.08. The van der Waals surface area contributed by atoms with Gasteiger partial charge in [-0.15, -0.1) is 0 Å². The van der Waals surface area contributed by atoms with Crippen molar-refractivity contribution in [1.29, 1.82) is 0 Å². The van der Waals surface area contributed by atoms with Crippen molar-refractivity contribution in [2.75, 3.05) is 13.1 Å². The number of amides is 1. The van der Waals surface area contributed by atoms with E-state index in [1.165, 1.54) is 15.4 Å². The van der Waals surface area contributed by atoms with E-state index in [0.29, 0.717) is 30.8 Å². The zero-order valence-corrected chi connectivity index (χ0v) is 17.5. The molecule has 0 saturated carbocycles. The molecule has 6 heteroatoms. The topological polar surface area (TPSA) is 66.5 Å². The molecule has 1 fully saturated rings. The second kappa shape index (κ2) is 8.45. The Balaban J connectivity index is 1.58. The Labute approximate surface area is 167 Å². The van der Waals surface area contributed by atoms with Crippen LogP contribution in [0.3, 0.4) is 0 Å². The minimum atomic E-state index is -3.48. The van der Waals surface area contributed by atoms with Crippen LogP contribution in [0.4, 0.5) is 0 Å². The number of sulfonamides is 1. The largest absolute Gasteiger partial charge is 0.349 e. The molecule has 28 heavy (non-hydrogen) atoms. The summed E-state index contributed by atoms with van der Waals surface area (Å²) < 4.78 is 26.9. The van der Waals surface area contributed by atoms with Crippen LogP contribution < -0.4 is 5.32 Å². The van der Waals surface area contributed by atoms with Gasteiger partial charge in [0, 0.05) is 19.0 Å². The van der Waals surface area contributed by atoms with Crippen LogP contribution in [0.2, 0.25) is 0 Å². The molecule has 0 bridgehead atoms. The van der Waals surface area contributed by atoms with Crippen LogP contribution in [0.1, 0.15) is 42.5 Å². The number of carbonyl (C=O) groups is 1. The van der Waals surface area contributed by atoms with E-state index in [4.69, 9.17) is 0 Å². The molecule has 0 aliphatic carbocycles. The second-order valence-corrected chi connectivity index (χ2v) is 9.50. The van der Waals surface area contributed by atoms with Crippen LogP contribution in [0.25, 0.3) is 0 Å². The highest BCUT2D eigenvalue weighted by Crippen LogP contribution is 2.25. The van der Waals surface area contributed by atoms with Crippen molar-refractivity contribution in [3.05, 3.63) is 65.2 Å². The van der Waals surface area contributed by atoms with Gasteiger partial charge in [-0.3, -0.25) is 4.79 Å². The van der Waals surface area contributed by atoms with Gasteiger partial charge in [0.1, 0.15) is 0 Å². The summed E-state index contributed by atoms with van der Waals surface area (Å²) in [4.78, 5) is 13.0. The monoisotopic (exact) mass is 400 g/mol. The predicted octanol–water partition coefficient (Wildman–Crippen LogP) is 3.58. The van der Waals surface area contributed by atoms with E-state index in [2.05, 4.69) is 31.3 Å². The molecule has 0 spiro atoms. The lowest BCUT2D eigenvalue weighted by atomic mass is 9.96. The third-order valence-electron chi connectivity index (χ3n) is 5.60. The van der Waals surface area contributed by atoms with Gasteiger partial charge in [0.25, 0.3) is 0 Å². The Bertz CT molecular complexity index is 934. The smallest absolute Gasteiger partial charge is 0.243 e. The zero-order chi connectivity index (χ0) is 20.3. The molecule has 1 N–H and O–H groups in total. The van der Waals surface area contributed by atoms with Gasteiger partial charge in [0.2, 0.25) is 15.9 Å². The summed E-state index contributed by atoms with van der Waals surface area (Å²) in [5, 5.41) is 3.09. The van der Waals surface area contributed by atoms with Gasteiger partial charge < -0.3 is 5.32 Å². The maximum Gasteiger partial charge on any atom is 0.243 e. The summed E-state index contributed by atoms with van der Waals surface area (Å²) in [5.41, 5.74) is 3.52. The SMILES string of the molecule is Cc1ccc([C@@H](C)NC(=O)C2CCN(S(=O)(=O)c3ccccc3)CC2)cc1C. The molecular formula is C22H28N2O3S. The quantitative estimate of drug-likeness (QED) is 0.834. The molecule has 3 rings (SSSR count). The van der Waals surface area contributed by atoms with Gasteiger partial charge >= 0.3 is 0 Å². The summed E-state index contributed by atoms with van der Waals surface area (Å²) >= 11 is 0. The van der Waals surface area contributed by atoms with Crippen LogP contribution in [0.5, 0.6) is 0 Å². The number of benzene rings is 2. The highest BCUT2D eigenvalue weighted by molar-refractivity contribution is 7.89. The van der Waals surface area contributed by atoms with Crippen molar-refractivity contribution < 1.29 is 13.2 Å². The van der Waals surface area contributed by atoms with Gasteiger partial charge in [0.05, 0.1) is 10.9 Å². The number of carbonyl (C=O) groups excluding carboxylic acids is 1. The standard InChI is InChI=1S/C22H28N2O3S/c1-16-9-10-20(15-17(16)2)18(3)23-22(25)19-11-13-24(14-12-19)28(26,27)21-7-5-4-6-8-21/h4-10,15,18-19H,11-14H2,1-3H3,(H,23,25)/t18-/m1/s1. The Morgan fingerprint density at radius 1 is 1.04 bits per heavy atom. The minimum absolute atomic E-state index is 0.00230. The van der Waals surface area contributed by atoms with Crippen molar-refractivity contribution in [2.24, 2.45) is 5.92 Å². The zero-order valence-electron chi connectivity index (χ0n) is 16.7. The lowest BCUT2D eigenvalue weighted by molar-refractivity contribution is -0.126. The number of rotatable bonds is 5. The van der Waals surface area contributed by atoms with E-state index >= 15 is 0 Å². The van der Waals surface area contributed by atoms with Crippen LogP contribution in [-0.2, 0) is 14.8 Å². The molecule has 0 unspecified atom stereocenters. The van der Waals surface area contributed by atoms with Crippen LogP contribution in [-0.4, -0.2) is 31.7 Å². The van der Waals surface area contributed by atoms with Crippen molar-refractivity contribution in [3.63, 3.8) is 0 Å². The Morgan fingerprint density at radius 3 is 2.29 bits per heavy atom. The van der Waals surface area contributed by atoms with E-state index in [1.807, 2.05) is 13.0 Å². The Morgan fingerprint density at radius 2 is 1.68 bits per heavy atom. The number of hydrogen-bond acceptors (Lipinski definition) is 3. The number of nitrogens with one attached hydrogen (secondary N) is 1. The number of piperidine rings is 1. The fourth-order valence-electron chi connectivity index (χ4n) is 3.55. The molecule has 1 aliphatic rings. The van der Waals surface area contributed by atoms with Crippen LogP contribution in [0.15, 0.2) is 53.4 Å². The van der Waals surface area contributed by atoms with Gasteiger partial charge in [0.15, 0.2) is 0 Å². The average Bonchev–Trinajstić information content (AvgIpc) is 2.70. The maximum atomic E-state index is 12.7. The van der Waals surface area contributed by atoms with E-state index in [1.54, 1.807) is 30.3 Å². The minimum Gasteiger partial charge on any atom is -0.349 e. The molecule has 0 aromatic heterocycles. The fourth-order valence-corrected chi connectivity index (χ4v) is 5.04. The van der Waals surface area contributed by atoms with Crippen LogP contribution in [0, 0.1) is 19.8 Å². The maximum absolute atomic E-state index is 12.7. The summed E-state index contributed by atoms with van der Waals surface area (Å²) in [6, 6.07) is 14.6. The molecule has 2 aromatic rings. The highest BCUT2D eigenvalue weighted by Gasteiger charge is 2.32. The van der Waals surface area contributed by atoms with Gasteiger partial charge in [-0.25, -0.2) is 8.42 Å². The van der Waals surface area contributed by atoms with Crippen molar-refractivity contribution in [1.82, 2.24) is 9.62 Å². The first-order valence-electron chi connectivity index (χ1n) is 9.72. The number of hydrogen-bond donors (Lipinski definition) is 1. The Hall–Kier alpha value is -2.18. The lowest BCUT2D eigenvalue weighted by Crippen LogP contribution is -2.43. The third-order valence-corrected chi connectivity index (χ3v) is 7.51. The average molecular weight is 401 g/mol. The van der Waals surface area contributed by atoms with Crippen molar-refractivity contribution in [2.45, 2.75) is 44.6 Å². The van der Waals surface area contributed by atoms with Crippen LogP contribution >= 0.6 is 0 Å². The molecule has 1 saturated heterocycles. The first-order valence-corrected chi connectivity index (χ1v) is 11.2. The summed E-state index contributed by atoms with van der Waals surface area (Å²) in [6.45, 7) is 6.85. The summed E-state index contributed by atoms with van der Waals surface area (Å²) in [5.74, 6) is -0.154. The molecule has 1 aliphatic heterocycles. The molecule has 150 valence electrons. The normalized spacial score (nSPS) is 17.2. The fraction of sp³-hybridized carbons (Fsp3) is 0.409. The van der Waals surface area contributed by atoms with Gasteiger partial charge in [-0.2, -0.15) is 4.31 Å².